The van der Waals surface area contributed by atoms with Gasteiger partial charge < -0.3 is 10.2 Å². The SMILES string of the molecule is CCCCc1cc(Cl)c(O)c(C(=O)C2=CC(Cl)=C(Cl)C2)c1O. The second kappa shape index (κ2) is 6.95. The summed E-state index contributed by atoms with van der Waals surface area (Å²) in [6, 6.07) is 1.49. The molecule has 1 aromatic rings. The molecule has 22 heavy (non-hydrogen) atoms. The predicted octanol–water partition coefficient (Wildman–Crippen LogP) is 5.30. The summed E-state index contributed by atoms with van der Waals surface area (Å²) in [6.07, 6.45) is 3.96. The molecule has 0 amide bonds. The molecule has 0 bridgehead atoms. The summed E-state index contributed by atoms with van der Waals surface area (Å²) in [5, 5.41) is 21.1. The molecule has 6 heteroatoms. The molecule has 0 heterocycles. The highest BCUT2D eigenvalue weighted by atomic mass is 35.5. The van der Waals surface area contributed by atoms with E-state index < -0.39 is 11.5 Å². The van der Waals surface area contributed by atoms with Gasteiger partial charge >= 0.3 is 0 Å². The maximum absolute atomic E-state index is 12.6. The summed E-state index contributed by atoms with van der Waals surface area (Å²) >= 11 is 17.7. The van der Waals surface area contributed by atoms with E-state index in [1.807, 2.05) is 6.92 Å². The molecule has 1 aromatic carbocycles. The van der Waals surface area contributed by atoms with Crippen molar-refractivity contribution in [3.63, 3.8) is 0 Å². The van der Waals surface area contributed by atoms with Crippen LogP contribution in [0.4, 0.5) is 0 Å². The number of aryl methyl sites for hydroxylation is 1. The minimum atomic E-state index is -0.524. The van der Waals surface area contributed by atoms with Crippen LogP contribution in [-0.4, -0.2) is 16.0 Å². The van der Waals surface area contributed by atoms with Gasteiger partial charge in [-0.3, -0.25) is 4.79 Å². The standard InChI is InChI=1S/C16H15Cl3O3/c1-2-3-4-8-5-12(19)16(22)13(14(8)20)15(21)9-6-10(17)11(18)7-9/h5-6,20,22H,2-4,7H2,1H3. The molecule has 118 valence electrons. The number of halogens is 3. The minimum Gasteiger partial charge on any atom is -0.507 e. The van der Waals surface area contributed by atoms with E-state index in [9.17, 15) is 15.0 Å². The predicted molar refractivity (Wildman–Crippen MR) is 89.2 cm³/mol. The number of carbonyl (C=O) groups excluding carboxylic acids is 1. The fraction of sp³-hybridized carbons (Fsp3) is 0.312. The third-order valence-electron chi connectivity index (χ3n) is 3.53. The lowest BCUT2D eigenvalue weighted by atomic mass is 9.96. The lowest BCUT2D eigenvalue weighted by molar-refractivity contribution is 0.102. The van der Waals surface area contributed by atoms with Crippen LogP contribution in [0.25, 0.3) is 0 Å². The van der Waals surface area contributed by atoms with Crippen molar-refractivity contribution in [3.05, 3.63) is 43.9 Å². The molecule has 0 atom stereocenters. The van der Waals surface area contributed by atoms with Gasteiger partial charge in [-0.25, -0.2) is 0 Å². The summed E-state index contributed by atoms with van der Waals surface area (Å²) < 4.78 is 0. The van der Waals surface area contributed by atoms with Gasteiger partial charge in [0.1, 0.15) is 17.1 Å². The Kier molecular flexibility index (Phi) is 5.43. The Morgan fingerprint density at radius 3 is 2.45 bits per heavy atom. The van der Waals surface area contributed by atoms with E-state index in [0.29, 0.717) is 22.6 Å². The van der Waals surface area contributed by atoms with Crippen molar-refractivity contribution in [2.45, 2.75) is 32.6 Å². The fourth-order valence-electron chi connectivity index (χ4n) is 2.30. The van der Waals surface area contributed by atoms with Gasteiger partial charge in [-0.2, -0.15) is 0 Å². The van der Waals surface area contributed by atoms with Gasteiger partial charge in [0, 0.05) is 17.0 Å². The number of carbonyl (C=O) groups is 1. The van der Waals surface area contributed by atoms with Gasteiger partial charge in [-0.05, 0) is 30.5 Å². The number of allylic oxidation sites excluding steroid dienone is 4. The third kappa shape index (κ3) is 3.27. The number of Topliss-reactive ketones (excluding diaryl/α,β-unsaturated/α-hetero) is 1. The van der Waals surface area contributed by atoms with E-state index in [0.717, 1.165) is 12.8 Å². The molecule has 3 nitrogen and oxygen atoms in total. The van der Waals surface area contributed by atoms with Crippen LogP contribution in [0.15, 0.2) is 27.8 Å². The lowest BCUT2D eigenvalue weighted by Gasteiger charge is -2.13. The highest BCUT2D eigenvalue weighted by Crippen LogP contribution is 2.41. The van der Waals surface area contributed by atoms with Crippen molar-refractivity contribution >= 4 is 40.6 Å². The Labute approximate surface area is 143 Å². The molecule has 2 N–H and O–H groups in total. The molecule has 0 spiro atoms. The number of rotatable bonds is 5. The Bertz CT molecular complexity index is 690. The zero-order chi connectivity index (χ0) is 16.4. The van der Waals surface area contributed by atoms with Gasteiger partial charge in [0.15, 0.2) is 5.78 Å². The van der Waals surface area contributed by atoms with Gasteiger partial charge in [0.2, 0.25) is 0 Å². The van der Waals surface area contributed by atoms with E-state index in [4.69, 9.17) is 34.8 Å². The number of hydrogen-bond donors (Lipinski definition) is 2. The Morgan fingerprint density at radius 2 is 1.91 bits per heavy atom. The highest BCUT2D eigenvalue weighted by Gasteiger charge is 2.27. The monoisotopic (exact) mass is 360 g/mol. The fourth-order valence-corrected chi connectivity index (χ4v) is 2.92. The zero-order valence-corrected chi connectivity index (χ0v) is 14.2. The first-order chi connectivity index (χ1) is 10.4. The number of aromatic hydroxyl groups is 2. The molecule has 2 rings (SSSR count). The number of phenols is 2. The number of hydrogen-bond acceptors (Lipinski definition) is 3. The van der Waals surface area contributed by atoms with Gasteiger partial charge in [0.25, 0.3) is 0 Å². The average molecular weight is 362 g/mol. The van der Waals surface area contributed by atoms with E-state index in [1.165, 1.54) is 12.1 Å². The van der Waals surface area contributed by atoms with Crippen LogP contribution in [0, 0.1) is 0 Å². The van der Waals surface area contributed by atoms with E-state index >= 15 is 0 Å². The molecule has 0 saturated heterocycles. The summed E-state index contributed by atoms with van der Waals surface area (Å²) in [5.74, 6) is -1.19. The molecule has 1 aliphatic rings. The van der Waals surface area contributed by atoms with Crippen molar-refractivity contribution in [3.8, 4) is 11.5 Å². The molecule has 0 aromatic heterocycles. The van der Waals surface area contributed by atoms with Crippen molar-refractivity contribution < 1.29 is 15.0 Å². The molecule has 1 aliphatic carbocycles. The highest BCUT2D eigenvalue weighted by molar-refractivity contribution is 6.42. The van der Waals surface area contributed by atoms with Crippen LogP contribution < -0.4 is 0 Å². The second-order valence-corrected chi connectivity index (χ2v) is 6.39. The van der Waals surface area contributed by atoms with Crippen LogP contribution in [0.2, 0.25) is 5.02 Å². The third-order valence-corrected chi connectivity index (χ3v) is 4.59. The quantitative estimate of drug-likeness (QED) is 0.700. The molecule has 0 saturated carbocycles. The van der Waals surface area contributed by atoms with Gasteiger partial charge in [-0.1, -0.05) is 48.1 Å². The van der Waals surface area contributed by atoms with Gasteiger partial charge in [-0.15, -0.1) is 0 Å². The van der Waals surface area contributed by atoms with Crippen LogP contribution >= 0.6 is 34.8 Å². The number of ketones is 1. The van der Waals surface area contributed by atoms with Crippen molar-refractivity contribution in [1.82, 2.24) is 0 Å². The van der Waals surface area contributed by atoms with Crippen molar-refractivity contribution in [2.75, 3.05) is 0 Å². The normalized spacial score (nSPS) is 14.5. The molecule has 0 fully saturated rings. The maximum Gasteiger partial charge on any atom is 0.196 e. The van der Waals surface area contributed by atoms with E-state index in [2.05, 4.69) is 0 Å². The van der Waals surface area contributed by atoms with Gasteiger partial charge in [0.05, 0.1) is 10.1 Å². The largest absolute Gasteiger partial charge is 0.507 e. The Morgan fingerprint density at radius 1 is 1.23 bits per heavy atom. The smallest absolute Gasteiger partial charge is 0.196 e. The lowest BCUT2D eigenvalue weighted by Crippen LogP contribution is -2.05. The summed E-state index contributed by atoms with van der Waals surface area (Å²) in [7, 11) is 0. The van der Waals surface area contributed by atoms with Crippen LogP contribution in [0.1, 0.15) is 42.1 Å². The molecule has 0 aliphatic heterocycles. The first kappa shape index (κ1) is 17.2. The van der Waals surface area contributed by atoms with E-state index in [-0.39, 0.29) is 27.8 Å². The van der Waals surface area contributed by atoms with Crippen LogP contribution in [-0.2, 0) is 6.42 Å². The maximum atomic E-state index is 12.6. The van der Waals surface area contributed by atoms with E-state index in [1.54, 1.807) is 0 Å². The van der Waals surface area contributed by atoms with Crippen molar-refractivity contribution in [1.29, 1.82) is 0 Å². The van der Waals surface area contributed by atoms with Crippen molar-refractivity contribution in [2.24, 2.45) is 0 Å². The number of benzene rings is 1. The molecule has 0 radical (unpaired) electrons. The summed E-state index contributed by atoms with van der Waals surface area (Å²) in [6.45, 7) is 2.02. The Hall–Kier alpha value is -1.16. The Balaban J connectivity index is 2.44. The zero-order valence-electron chi connectivity index (χ0n) is 11.9. The first-order valence-electron chi connectivity index (χ1n) is 6.89. The minimum absolute atomic E-state index is 0.0380. The number of phenolic OH excluding ortho intramolecular Hbond substituents is 2. The topological polar surface area (TPSA) is 57.5 Å². The van der Waals surface area contributed by atoms with Crippen LogP contribution in [0.3, 0.4) is 0 Å². The summed E-state index contributed by atoms with van der Waals surface area (Å²) in [5.41, 5.74) is 0.654. The first-order valence-corrected chi connectivity index (χ1v) is 8.02. The van der Waals surface area contributed by atoms with Crippen LogP contribution in [0.5, 0.6) is 11.5 Å². The number of unbranched alkanes of at least 4 members (excludes halogenated alkanes) is 1. The second-order valence-electron chi connectivity index (χ2n) is 5.12. The average Bonchev–Trinajstić information content (AvgIpc) is 2.81. The molecular weight excluding hydrogens is 347 g/mol. The summed E-state index contributed by atoms with van der Waals surface area (Å²) in [4.78, 5) is 12.6. The molecular formula is C16H15Cl3O3. The molecule has 0 unspecified atom stereocenters.